The Labute approximate surface area is 169 Å². The standard InChI is InChI=1S/C13H22O3.C10H16O2/c1-4-15-13(14)16-7-11-5-10-6-12(11)9(3)8(10)2;1-5-6(2)8-3-7(5)4-9(8)10(11)12/h8-12H,4-7H2,1-3H3;5-9H,3-4H2,1-2H3,(H,11,12). The first-order valence-corrected chi connectivity index (χ1v) is 11.3. The van der Waals surface area contributed by atoms with Crippen LogP contribution in [0.4, 0.5) is 4.79 Å². The Morgan fingerprint density at radius 2 is 1.39 bits per heavy atom. The third-order valence-corrected chi connectivity index (χ3v) is 8.93. The van der Waals surface area contributed by atoms with E-state index in [1.54, 1.807) is 6.92 Å². The van der Waals surface area contributed by atoms with E-state index in [0.29, 0.717) is 36.9 Å². The summed E-state index contributed by atoms with van der Waals surface area (Å²) in [5, 5.41) is 8.94. The van der Waals surface area contributed by atoms with Crippen LogP contribution in [0.1, 0.15) is 60.3 Å². The summed E-state index contributed by atoms with van der Waals surface area (Å²) in [6.07, 6.45) is 4.16. The third-order valence-electron chi connectivity index (χ3n) is 8.93. The number of fused-ring (bicyclic) bond motifs is 4. The van der Waals surface area contributed by atoms with E-state index in [4.69, 9.17) is 14.6 Å². The van der Waals surface area contributed by atoms with Crippen molar-refractivity contribution in [3.63, 3.8) is 0 Å². The Kier molecular flexibility index (Phi) is 6.61. The number of carboxylic acids is 1. The van der Waals surface area contributed by atoms with Crippen molar-refractivity contribution < 1.29 is 24.2 Å². The molecule has 0 amide bonds. The van der Waals surface area contributed by atoms with Crippen molar-refractivity contribution in [3.8, 4) is 0 Å². The highest BCUT2D eigenvalue weighted by molar-refractivity contribution is 5.71. The number of rotatable bonds is 4. The second-order valence-electron chi connectivity index (χ2n) is 9.93. The maximum Gasteiger partial charge on any atom is 0.508 e. The highest BCUT2D eigenvalue weighted by Crippen LogP contribution is 2.55. The van der Waals surface area contributed by atoms with Gasteiger partial charge in [0.05, 0.1) is 19.1 Å². The number of carboxylic acid groups (broad SMARTS) is 1. The van der Waals surface area contributed by atoms with Gasteiger partial charge in [-0.15, -0.1) is 0 Å². The zero-order valence-electron chi connectivity index (χ0n) is 18.1. The van der Waals surface area contributed by atoms with Gasteiger partial charge >= 0.3 is 12.1 Å². The van der Waals surface area contributed by atoms with Crippen molar-refractivity contribution >= 4 is 12.1 Å². The summed E-state index contributed by atoms with van der Waals surface area (Å²) in [6, 6.07) is 0. The molecule has 0 aliphatic heterocycles. The van der Waals surface area contributed by atoms with Gasteiger partial charge in [0, 0.05) is 0 Å². The van der Waals surface area contributed by atoms with Crippen molar-refractivity contribution in [2.45, 2.75) is 60.3 Å². The zero-order chi connectivity index (χ0) is 20.6. The molecule has 4 fully saturated rings. The first-order valence-electron chi connectivity index (χ1n) is 11.3. The molecule has 28 heavy (non-hydrogen) atoms. The third kappa shape index (κ3) is 4.04. The van der Waals surface area contributed by atoms with Crippen LogP contribution in [0.25, 0.3) is 0 Å². The average molecular weight is 395 g/mol. The molecule has 5 heteroatoms. The minimum atomic E-state index is -0.568. The smallest absolute Gasteiger partial charge is 0.481 e. The molecule has 0 spiro atoms. The molecular weight excluding hydrogens is 356 g/mol. The second kappa shape index (κ2) is 8.62. The summed E-state index contributed by atoms with van der Waals surface area (Å²) in [7, 11) is 0. The van der Waals surface area contributed by atoms with E-state index >= 15 is 0 Å². The second-order valence-corrected chi connectivity index (χ2v) is 9.93. The van der Waals surface area contributed by atoms with Crippen LogP contribution >= 0.6 is 0 Å². The number of carbonyl (C=O) groups excluding carboxylic acids is 1. The van der Waals surface area contributed by atoms with E-state index in [1.807, 2.05) is 0 Å². The molecule has 0 saturated heterocycles. The van der Waals surface area contributed by atoms with Crippen molar-refractivity contribution in [3.05, 3.63) is 0 Å². The molecule has 1 N–H and O–H groups in total. The van der Waals surface area contributed by atoms with E-state index in [1.165, 1.54) is 19.3 Å². The molecule has 0 aromatic heterocycles. The quantitative estimate of drug-likeness (QED) is 0.673. The molecule has 4 rings (SSSR count). The van der Waals surface area contributed by atoms with Gasteiger partial charge in [-0.1, -0.05) is 27.7 Å². The molecule has 4 saturated carbocycles. The molecule has 160 valence electrons. The van der Waals surface area contributed by atoms with Crippen molar-refractivity contribution in [2.75, 3.05) is 13.2 Å². The highest BCUT2D eigenvalue weighted by atomic mass is 16.7. The predicted molar refractivity (Wildman–Crippen MR) is 107 cm³/mol. The summed E-state index contributed by atoms with van der Waals surface area (Å²) in [4.78, 5) is 22.0. The van der Waals surface area contributed by atoms with Gasteiger partial charge in [-0.25, -0.2) is 4.79 Å². The number of hydrogen-bond donors (Lipinski definition) is 1. The number of aliphatic carboxylic acids is 1. The molecular formula is C23H38O5. The molecule has 5 nitrogen and oxygen atoms in total. The lowest BCUT2D eigenvalue weighted by atomic mass is 9.76. The summed E-state index contributed by atoms with van der Waals surface area (Å²) >= 11 is 0. The molecule has 10 unspecified atom stereocenters. The first kappa shape index (κ1) is 21.4. The Hall–Kier alpha value is -1.26. The summed E-state index contributed by atoms with van der Waals surface area (Å²) in [6.45, 7) is 11.9. The normalized spacial score (nSPS) is 45.5. The fraction of sp³-hybridized carbons (Fsp3) is 0.913. The Bertz CT molecular complexity index is 571. The monoisotopic (exact) mass is 394 g/mol. The van der Waals surface area contributed by atoms with Crippen molar-refractivity contribution in [2.24, 2.45) is 59.2 Å². The van der Waals surface area contributed by atoms with Gasteiger partial charge in [0.15, 0.2) is 0 Å². The van der Waals surface area contributed by atoms with Crippen LogP contribution in [0, 0.1) is 59.2 Å². The van der Waals surface area contributed by atoms with Gasteiger partial charge in [-0.2, -0.15) is 0 Å². The van der Waals surface area contributed by atoms with E-state index < -0.39 is 12.1 Å². The maximum absolute atomic E-state index is 11.1. The lowest BCUT2D eigenvalue weighted by Crippen LogP contribution is -2.29. The Morgan fingerprint density at radius 3 is 1.86 bits per heavy atom. The minimum absolute atomic E-state index is 0.0267. The Balaban J connectivity index is 0.000000167. The Morgan fingerprint density at radius 1 is 0.821 bits per heavy atom. The molecule has 4 bridgehead atoms. The summed E-state index contributed by atoms with van der Waals surface area (Å²) in [5.74, 6) is 5.79. The van der Waals surface area contributed by atoms with Crippen molar-refractivity contribution in [1.29, 1.82) is 0 Å². The van der Waals surface area contributed by atoms with Gasteiger partial charge in [0.1, 0.15) is 0 Å². The summed E-state index contributed by atoms with van der Waals surface area (Å²) < 4.78 is 9.91. The fourth-order valence-electron chi connectivity index (χ4n) is 6.85. The lowest BCUT2D eigenvalue weighted by Gasteiger charge is -2.31. The molecule has 0 aromatic rings. The highest BCUT2D eigenvalue weighted by Gasteiger charge is 2.51. The van der Waals surface area contributed by atoms with Crippen LogP contribution in [-0.2, 0) is 14.3 Å². The maximum atomic E-state index is 11.1. The SMILES string of the molecule is CC1C2CC(C(=O)O)C(C2)C1C.CCOC(=O)OCC1CC2CC1C(C)C2C. The van der Waals surface area contributed by atoms with E-state index in [-0.39, 0.29) is 5.92 Å². The van der Waals surface area contributed by atoms with E-state index in [0.717, 1.165) is 36.0 Å². The minimum Gasteiger partial charge on any atom is -0.481 e. The lowest BCUT2D eigenvalue weighted by molar-refractivity contribution is -0.144. The summed E-state index contributed by atoms with van der Waals surface area (Å²) in [5.41, 5.74) is 0. The largest absolute Gasteiger partial charge is 0.508 e. The van der Waals surface area contributed by atoms with Crippen LogP contribution in [0.5, 0.6) is 0 Å². The molecule has 0 radical (unpaired) electrons. The van der Waals surface area contributed by atoms with Crippen LogP contribution in [0.2, 0.25) is 0 Å². The van der Waals surface area contributed by atoms with Gasteiger partial charge in [0.25, 0.3) is 0 Å². The van der Waals surface area contributed by atoms with Crippen LogP contribution in [-0.4, -0.2) is 30.4 Å². The van der Waals surface area contributed by atoms with Gasteiger partial charge in [0.2, 0.25) is 0 Å². The first-order chi connectivity index (χ1) is 13.2. The van der Waals surface area contributed by atoms with E-state index in [9.17, 15) is 9.59 Å². The average Bonchev–Trinajstić information content (AvgIpc) is 3.39. The number of ether oxygens (including phenoxy) is 2. The number of carbonyl (C=O) groups is 2. The fourth-order valence-corrected chi connectivity index (χ4v) is 6.85. The molecule has 4 aliphatic carbocycles. The van der Waals surface area contributed by atoms with Gasteiger partial charge in [-0.3, -0.25) is 4.79 Å². The van der Waals surface area contributed by atoms with Crippen LogP contribution < -0.4 is 0 Å². The number of hydrogen-bond acceptors (Lipinski definition) is 4. The zero-order valence-corrected chi connectivity index (χ0v) is 18.1. The van der Waals surface area contributed by atoms with Crippen molar-refractivity contribution in [1.82, 2.24) is 0 Å². The van der Waals surface area contributed by atoms with Crippen LogP contribution in [0.3, 0.4) is 0 Å². The topological polar surface area (TPSA) is 72.8 Å². The molecule has 0 heterocycles. The van der Waals surface area contributed by atoms with Gasteiger partial charge < -0.3 is 14.6 Å². The van der Waals surface area contributed by atoms with Gasteiger partial charge in [-0.05, 0) is 85.9 Å². The predicted octanol–water partition coefficient (Wildman–Crippen LogP) is 5.09. The van der Waals surface area contributed by atoms with E-state index in [2.05, 4.69) is 27.7 Å². The molecule has 0 aromatic carbocycles. The molecule has 4 aliphatic rings. The van der Waals surface area contributed by atoms with Crippen LogP contribution in [0.15, 0.2) is 0 Å². The molecule has 10 atom stereocenters.